The van der Waals surface area contributed by atoms with Crippen molar-refractivity contribution in [2.24, 2.45) is 5.92 Å². The molecule has 1 fully saturated rings. The molecule has 0 saturated carbocycles. The highest BCUT2D eigenvalue weighted by molar-refractivity contribution is 6.17. The van der Waals surface area contributed by atoms with Gasteiger partial charge in [-0.05, 0) is 18.8 Å². The Morgan fingerprint density at radius 2 is 2.30 bits per heavy atom. The van der Waals surface area contributed by atoms with Crippen LogP contribution in [0.5, 0.6) is 0 Å². The molecule has 1 aliphatic heterocycles. The topological polar surface area (TPSA) is 38.2 Å². The van der Waals surface area contributed by atoms with Gasteiger partial charge in [0.15, 0.2) is 0 Å². The molecule has 0 radical (unpaired) electrons. The van der Waals surface area contributed by atoms with Crippen LogP contribution in [0.15, 0.2) is 6.20 Å². The molecule has 0 aliphatic carbocycles. The van der Waals surface area contributed by atoms with Crippen LogP contribution < -0.4 is 4.90 Å². The van der Waals surface area contributed by atoms with E-state index in [0.29, 0.717) is 17.7 Å². The first kappa shape index (κ1) is 15.5. The minimum atomic E-state index is 0.327. The smallest absolute Gasteiger partial charge is 0.131 e. The van der Waals surface area contributed by atoms with E-state index in [2.05, 4.69) is 28.7 Å². The van der Waals surface area contributed by atoms with Gasteiger partial charge in [0, 0.05) is 26.1 Å². The van der Waals surface area contributed by atoms with Crippen molar-refractivity contribution in [2.75, 3.05) is 31.7 Å². The molecular formula is C15H24ClN3O. The van der Waals surface area contributed by atoms with E-state index in [1.165, 1.54) is 12.8 Å². The third kappa shape index (κ3) is 3.61. The van der Waals surface area contributed by atoms with Gasteiger partial charge >= 0.3 is 0 Å². The van der Waals surface area contributed by atoms with Crippen molar-refractivity contribution in [1.82, 2.24) is 9.97 Å². The Kier molecular flexibility index (Phi) is 5.61. The van der Waals surface area contributed by atoms with Gasteiger partial charge in [0.25, 0.3) is 0 Å². The van der Waals surface area contributed by atoms with Crippen LogP contribution in [0.1, 0.15) is 44.1 Å². The molecule has 1 aromatic heterocycles. The lowest BCUT2D eigenvalue weighted by Gasteiger charge is -2.34. The molecule has 112 valence electrons. The summed E-state index contributed by atoms with van der Waals surface area (Å²) in [6, 6.07) is 0. The zero-order chi connectivity index (χ0) is 14.5. The Morgan fingerprint density at radius 1 is 1.50 bits per heavy atom. The minimum absolute atomic E-state index is 0.327. The molecule has 5 heteroatoms. The highest BCUT2D eigenvalue weighted by atomic mass is 35.5. The maximum atomic E-state index is 6.08. The SMILES string of the molecule is COCC1CCCN(c2cnc(C(C)C)nc2CCl)C1. The first-order valence-electron chi connectivity index (χ1n) is 7.31. The quantitative estimate of drug-likeness (QED) is 0.782. The molecule has 2 rings (SSSR count). The van der Waals surface area contributed by atoms with Gasteiger partial charge in [-0.25, -0.2) is 9.97 Å². The lowest BCUT2D eigenvalue weighted by Crippen LogP contribution is -2.37. The monoisotopic (exact) mass is 297 g/mol. The summed E-state index contributed by atoms with van der Waals surface area (Å²) in [6.45, 7) is 7.07. The number of aromatic nitrogens is 2. The summed E-state index contributed by atoms with van der Waals surface area (Å²) < 4.78 is 5.29. The van der Waals surface area contributed by atoms with Gasteiger partial charge in [-0.2, -0.15) is 0 Å². The third-order valence-corrected chi connectivity index (χ3v) is 4.02. The minimum Gasteiger partial charge on any atom is -0.384 e. The number of alkyl halides is 1. The Balaban J connectivity index is 2.18. The number of piperidine rings is 1. The van der Waals surface area contributed by atoms with E-state index in [0.717, 1.165) is 36.9 Å². The van der Waals surface area contributed by atoms with Crippen LogP contribution in [0, 0.1) is 5.92 Å². The number of ether oxygens (including phenoxy) is 1. The molecule has 4 nitrogen and oxygen atoms in total. The second kappa shape index (κ2) is 7.23. The number of halogens is 1. The fraction of sp³-hybridized carbons (Fsp3) is 0.733. The number of rotatable bonds is 5. The number of nitrogens with zero attached hydrogens (tertiary/aromatic N) is 3. The van der Waals surface area contributed by atoms with Crippen molar-refractivity contribution in [3.63, 3.8) is 0 Å². The van der Waals surface area contributed by atoms with Crippen LogP contribution in [0.3, 0.4) is 0 Å². The van der Waals surface area contributed by atoms with Crippen molar-refractivity contribution in [2.45, 2.75) is 38.5 Å². The van der Waals surface area contributed by atoms with Gasteiger partial charge in [-0.3, -0.25) is 0 Å². The normalized spacial score (nSPS) is 19.6. The number of methoxy groups -OCH3 is 1. The predicted molar refractivity (Wildman–Crippen MR) is 82.5 cm³/mol. The van der Waals surface area contributed by atoms with Crippen molar-refractivity contribution in [3.8, 4) is 0 Å². The molecule has 0 spiro atoms. The lowest BCUT2D eigenvalue weighted by atomic mass is 9.98. The average molecular weight is 298 g/mol. The first-order chi connectivity index (χ1) is 9.65. The fourth-order valence-corrected chi connectivity index (χ4v) is 2.92. The summed E-state index contributed by atoms with van der Waals surface area (Å²) in [7, 11) is 1.77. The van der Waals surface area contributed by atoms with Crippen molar-refractivity contribution in [3.05, 3.63) is 17.7 Å². The van der Waals surface area contributed by atoms with Gasteiger partial charge in [0.1, 0.15) is 5.82 Å². The van der Waals surface area contributed by atoms with Gasteiger partial charge in [-0.1, -0.05) is 13.8 Å². The van der Waals surface area contributed by atoms with E-state index in [1.54, 1.807) is 7.11 Å². The van der Waals surface area contributed by atoms with E-state index in [4.69, 9.17) is 16.3 Å². The van der Waals surface area contributed by atoms with Crippen LogP contribution in [-0.4, -0.2) is 36.8 Å². The fourth-order valence-electron chi connectivity index (χ4n) is 2.72. The van der Waals surface area contributed by atoms with Gasteiger partial charge in [-0.15, -0.1) is 11.6 Å². The van der Waals surface area contributed by atoms with Crippen molar-refractivity contribution >= 4 is 17.3 Å². The standard InChI is InChI=1S/C15H24ClN3O/c1-11(2)15-17-8-14(13(7-16)18-15)19-6-4-5-12(9-19)10-20-3/h8,11-12H,4-7,9-10H2,1-3H3. The van der Waals surface area contributed by atoms with E-state index in [9.17, 15) is 0 Å². The zero-order valence-electron chi connectivity index (χ0n) is 12.6. The molecule has 0 N–H and O–H groups in total. The second-order valence-electron chi connectivity index (χ2n) is 5.76. The highest BCUT2D eigenvalue weighted by Gasteiger charge is 2.22. The Bertz CT molecular complexity index is 437. The number of hydrogen-bond acceptors (Lipinski definition) is 4. The molecule has 0 aromatic carbocycles. The summed E-state index contributed by atoms with van der Waals surface area (Å²) in [5, 5.41) is 0. The molecule has 0 bridgehead atoms. The molecule has 1 saturated heterocycles. The second-order valence-corrected chi connectivity index (χ2v) is 6.03. The number of hydrogen-bond donors (Lipinski definition) is 0. The third-order valence-electron chi connectivity index (χ3n) is 3.77. The summed E-state index contributed by atoms with van der Waals surface area (Å²) in [5.74, 6) is 2.22. The molecular weight excluding hydrogens is 274 g/mol. The van der Waals surface area contributed by atoms with E-state index < -0.39 is 0 Å². The van der Waals surface area contributed by atoms with Crippen molar-refractivity contribution in [1.29, 1.82) is 0 Å². The maximum Gasteiger partial charge on any atom is 0.131 e. The lowest BCUT2D eigenvalue weighted by molar-refractivity contribution is 0.143. The molecule has 1 unspecified atom stereocenters. The van der Waals surface area contributed by atoms with Crippen molar-refractivity contribution < 1.29 is 4.74 Å². The zero-order valence-corrected chi connectivity index (χ0v) is 13.4. The van der Waals surface area contributed by atoms with E-state index in [-0.39, 0.29) is 0 Å². The van der Waals surface area contributed by atoms with Crippen LogP contribution in [0.25, 0.3) is 0 Å². The van der Waals surface area contributed by atoms with Crippen LogP contribution in [0.2, 0.25) is 0 Å². The highest BCUT2D eigenvalue weighted by Crippen LogP contribution is 2.27. The summed E-state index contributed by atoms with van der Waals surface area (Å²) >= 11 is 6.08. The van der Waals surface area contributed by atoms with Crippen LogP contribution in [-0.2, 0) is 10.6 Å². The first-order valence-corrected chi connectivity index (χ1v) is 7.84. The Labute approximate surface area is 126 Å². The van der Waals surface area contributed by atoms with Crippen LogP contribution in [0.4, 0.5) is 5.69 Å². The molecule has 0 amide bonds. The molecule has 20 heavy (non-hydrogen) atoms. The van der Waals surface area contributed by atoms with Gasteiger partial charge < -0.3 is 9.64 Å². The molecule has 1 aliphatic rings. The number of anilines is 1. The maximum absolute atomic E-state index is 6.08. The average Bonchev–Trinajstić information content (AvgIpc) is 2.47. The van der Waals surface area contributed by atoms with E-state index >= 15 is 0 Å². The Morgan fingerprint density at radius 3 is 2.95 bits per heavy atom. The Hall–Kier alpha value is -0.870. The molecule has 1 aromatic rings. The summed E-state index contributed by atoms with van der Waals surface area (Å²) in [5.41, 5.74) is 2.04. The summed E-state index contributed by atoms with van der Waals surface area (Å²) in [4.78, 5) is 11.5. The van der Waals surface area contributed by atoms with E-state index in [1.807, 2.05) is 6.20 Å². The summed E-state index contributed by atoms with van der Waals surface area (Å²) in [6.07, 6.45) is 4.35. The largest absolute Gasteiger partial charge is 0.384 e. The predicted octanol–water partition coefficient (Wildman–Crippen LogP) is 3.20. The van der Waals surface area contributed by atoms with Crippen LogP contribution >= 0.6 is 11.6 Å². The van der Waals surface area contributed by atoms with Gasteiger partial charge in [0.2, 0.25) is 0 Å². The molecule has 1 atom stereocenters. The van der Waals surface area contributed by atoms with Gasteiger partial charge in [0.05, 0.1) is 30.1 Å². The molecule has 2 heterocycles.